The van der Waals surface area contributed by atoms with E-state index in [1.165, 1.54) is 0 Å². The predicted octanol–water partition coefficient (Wildman–Crippen LogP) is 1.89. The zero-order valence-corrected chi connectivity index (χ0v) is 12.5. The van der Waals surface area contributed by atoms with Crippen molar-refractivity contribution in [1.82, 2.24) is 10.2 Å². The highest BCUT2D eigenvalue weighted by Crippen LogP contribution is 2.35. The van der Waals surface area contributed by atoms with E-state index in [4.69, 9.17) is 0 Å². The average molecular weight is 286 g/mol. The number of nitrogens with zero attached hydrogens (tertiary/aromatic N) is 1. The van der Waals surface area contributed by atoms with Crippen molar-refractivity contribution in [2.24, 2.45) is 0 Å². The van der Waals surface area contributed by atoms with Crippen LogP contribution in [0, 0.1) is 0 Å². The van der Waals surface area contributed by atoms with Gasteiger partial charge in [0.25, 0.3) is 0 Å². The van der Waals surface area contributed by atoms with Crippen molar-refractivity contribution in [2.75, 3.05) is 6.54 Å². The summed E-state index contributed by atoms with van der Waals surface area (Å²) in [5, 5.41) is 3.05. The maximum Gasteiger partial charge on any atom is 0.249 e. The minimum absolute atomic E-state index is 0.00204. The molecule has 0 aromatic heterocycles. The van der Waals surface area contributed by atoms with Crippen molar-refractivity contribution in [1.29, 1.82) is 0 Å². The molecule has 1 spiro atoms. The Kier molecular flexibility index (Phi) is 3.70. The van der Waals surface area contributed by atoms with Crippen LogP contribution in [0.15, 0.2) is 30.3 Å². The topological polar surface area (TPSA) is 49.4 Å². The summed E-state index contributed by atoms with van der Waals surface area (Å²) >= 11 is 0. The molecule has 112 valence electrons. The Morgan fingerprint density at radius 1 is 1.19 bits per heavy atom. The van der Waals surface area contributed by atoms with Gasteiger partial charge in [-0.1, -0.05) is 43.2 Å². The number of hydrogen-bond acceptors (Lipinski definition) is 2. The molecule has 3 rings (SSSR count). The lowest BCUT2D eigenvalue weighted by Crippen LogP contribution is -2.69. The molecule has 1 N–H and O–H groups in total. The summed E-state index contributed by atoms with van der Waals surface area (Å²) in [5.41, 5.74) is 0.478. The summed E-state index contributed by atoms with van der Waals surface area (Å²) in [6, 6.07) is 9.52. The van der Waals surface area contributed by atoms with E-state index in [2.05, 4.69) is 5.32 Å². The highest BCUT2D eigenvalue weighted by molar-refractivity contribution is 6.00. The standard InChI is InChI=1S/C17H22N2O2/c1-2-19-14(12-13-8-4-3-5-9-13)15(20)18-17(16(19)21)10-6-7-11-17/h3-5,8-9,14H,2,6-7,10-12H2,1H3,(H,18,20). The zero-order chi connectivity index (χ0) is 14.9. The van der Waals surface area contributed by atoms with Crippen LogP contribution in [0.25, 0.3) is 0 Å². The van der Waals surface area contributed by atoms with Gasteiger partial charge in [0.2, 0.25) is 11.8 Å². The third-order valence-electron chi connectivity index (χ3n) is 4.78. The smallest absolute Gasteiger partial charge is 0.249 e. The van der Waals surface area contributed by atoms with Crippen molar-refractivity contribution in [3.05, 3.63) is 35.9 Å². The number of likely N-dealkylation sites (N-methyl/N-ethyl adjacent to an activating group) is 1. The highest BCUT2D eigenvalue weighted by atomic mass is 16.2. The second kappa shape index (κ2) is 5.51. The summed E-state index contributed by atoms with van der Waals surface area (Å²) in [6.07, 6.45) is 4.19. The lowest BCUT2D eigenvalue weighted by molar-refractivity contribution is -0.154. The zero-order valence-electron chi connectivity index (χ0n) is 12.5. The van der Waals surface area contributed by atoms with Crippen molar-refractivity contribution in [3.63, 3.8) is 0 Å². The molecule has 0 radical (unpaired) electrons. The molecule has 1 heterocycles. The first kappa shape index (κ1) is 14.1. The molecule has 1 saturated heterocycles. The molecule has 1 aromatic carbocycles. The van der Waals surface area contributed by atoms with E-state index < -0.39 is 5.54 Å². The molecular weight excluding hydrogens is 264 g/mol. The summed E-state index contributed by atoms with van der Waals surface area (Å²) in [6.45, 7) is 2.54. The van der Waals surface area contributed by atoms with E-state index >= 15 is 0 Å². The van der Waals surface area contributed by atoms with Crippen LogP contribution in [0.5, 0.6) is 0 Å². The van der Waals surface area contributed by atoms with Crippen molar-refractivity contribution in [3.8, 4) is 0 Å². The second-order valence-electron chi connectivity index (χ2n) is 6.08. The average Bonchev–Trinajstić information content (AvgIpc) is 2.96. The molecule has 1 aliphatic carbocycles. The maximum absolute atomic E-state index is 12.8. The summed E-state index contributed by atoms with van der Waals surface area (Å²) in [5.74, 6) is 0.116. The molecule has 1 aromatic rings. The number of amides is 2. The summed E-state index contributed by atoms with van der Waals surface area (Å²) in [4.78, 5) is 27.2. The number of rotatable bonds is 3. The Hall–Kier alpha value is -1.84. The van der Waals surface area contributed by atoms with E-state index in [1.54, 1.807) is 4.90 Å². The third kappa shape index (κ3) is 2.43. The van der Waals surface area contributed by atoms with E-state index in [0.717, 1.165) is 31.2 Å². The number of nitrogens with one attached hydrogen (secondary N) is 1. The van der Waals surface area contributed by atoms with Gasteiger partial charge < -0.3 is 10.2 Å². The van der Waals surface area contributed by atoms with Gasteiger partial charge in [0.15, 0.2) is 0 Å². The quantitative estimate of drug-likeness (QED) is 0.922. The van der Waals surface area contributed by atoms with E-state index in [0.29, 0.717) is 13.0 Å². The number of carbonyl (C=O) groups is 2. The maximum atomic E-state index is 12.8. The van der Waals surface area contributed by atoms with E-state index in [-0.39, 0.29) is 17.9 Å². The lowest BCUT2D eigenvalue weighted by Gasteiger charge is -2.44. The lowest BCUT2D eigenvalue weighted by atomic mass is 9.89. The number of piperazine rings is 1. The minimum Gasteiger partial charge on any atom is -0.340 e. The molecule has 2 aliphatic rings. The van der Waals surface area contributed by atoms with Gasteiger partial charge in [-0.3, -0.25) is 9.59 Å². The molecule has 4 heteroatoms. The molecule has 2 amide bonds. The van der Waals surface area contributed by atoms with E-state index in [9.17, 15) is 9.59 Å². The summed E-state index contributed by atoms with van der Waals surface area (Å²) < 4.78 is 0. The van der Waals surface area contributed by atoms with Crippen molar-refractivity contribution < 1.29 is 9.59 Å². The van der Waals surface area contributed by atoms with Crippen LogP contribution in [-0.4, -0.2) is 34.8 Å². The normalized spacial score (nSPS) is 24.4. The molecule has 1 aliphatic heterocycles. The fourth-order valence-corrected chi connectivity index (χ4v) is 3.65. The first-order valence-corrected chi connectivity index (χ1v) is 7.83. The largest absolute Gasteiger partial charge is 0.340 e. The monoisotopic (exact) mass is 286 g/mol. The van der Waals surface area contributed by atoms with Crippen LogP contribution in [0.4, 0.5) is 0 Å². The van der Waals surface area contributed by atoms with Gasteiger partial charge in [-0.25, -0.2) is 0 Å². The molecule has 1 atom stereocenters. The minimum atomic E-state index is -0.611. The first-order valence-electron chi connectivity index (χ1n) is 7.83. The fraction of sp³-hybridized carbons (Fsp3) is 0.529. The Labute approximate surface area is 125 Å². The van der Waals surface area contributed by atoms with Gasteiger partial charge in [-0.15, -0.1) is 0 Å². The summed E-state index contributed by atoms with van der Waals surface area (Å²) in [7, 11) is 0. The van der Waals surface area contributed by atoms with Gasteiger partial charge in [0, 0.05) is 13.0 Å². The van der Waals surface area contributed by atoms with Crippen LogP contribution in [0.2, 0.25) is 0 Å². The predicted molar refractivity (Wildman–Crippen MR) is 80.7 cm³/mol. The van der Waals surface area contributed by atoms with Crippen LogP contribution in [-0.2, 0) is 16.0 Å². The molecular formula is C17H22N2O2. The molecule has 1 saturated carbocycles. The van der Waals surface area contributed by atoms with Gasteiger partial charge in [-0.2, -0.15) is 0 Å². The first-order chi connectivity index (χ1) is 10.2. The van der Waals surface area contributed by atoms with Crippen LogP contribution < -0.4 is 5.32 Å². The van der Waals surface area contributed by atoms with Gasteiger partial charge >= 0.3 is 0 Å². The van der Waals surface area contributed by atoms with Crippen molar-refractivity contribution >= 4 is 11.8 Å². The molecule has 2 fully saturated rings. The SMILES string of the molecule is CCN1C(=O)C2(CCCC2)NC(=O)C1Cc1ccccc1. The molecule has 21 heavy (non-hydrogen) atoms. The van der Waals surface area contributed by atoms with Gasteiger partial charge in [0.1, 0.15) is 11.6 Å². The molecule has 4 nitrogen and oxygen atoms in total. The van der Waals surface area contributed by atoms with Crippen LogP contribution in [0.3, 0.4) is 0 Å². The van der Waals surface area contributed by atoms with Crippen LogP contribution in [0.1, 0.15) is 38.2 Å². The highest BCUT2D eigenvalue weighted by Gasteiger charge is 2.51. The van der Waals surface area contributed by atoms with Crippen molar-refractivity contribution in [2.45, 2.75) is 50.6 Å². The Bertz CT molecular complexity index is 535. The van der Waals surface area contributed by atoms with Crippen LogP contribution >= 0.6 is 0 Å². The third-order valence-corrected chi connectivity index (χ3v) is 4.78. The number of hydrogen-bond donors (Lipinski definition) is 1. The Balaban J connectivity index is 1.84. The van der Waals surface area contributed by atoms with E-state index in [1.807, 2.05) is 37.3 Å². The number of carbonyl (C=O) groups excluding carboxylic acids is 2. The Morgan fingerprint density at radius 2 is 1.86 bits per heavy atom. The van der Waals surface area contributed by atoms with Gasteiger partial charge in [0.05, 0.1) is 0 Å². The fourth-order valence-electron chi connectivity index (χ4n) is 3.65. The Morgan fingerprint density at radius 3 is 2.48 bits per heavy atom. The number of benzene rings is 1. The second-order valence-corrected chi connectivity index (χ2v) is 6.08. The molecule has 0 bridgehead atoms. The molecule has 1 unspecified atom stereocenters. The van der Waals surface area contributed by atoms with Gasteiger partial charge in [-0.05, 0) is 25.3 Å².